The lowest BCUT2D eigenvalue weighted by Crippen LogP contribution is -2.52. The van der Waals surface area contributed by atoms with Gasteiger partial charge in [0, 0.05) is 24.5 Å². The molecule has 1 aliphatic heterocycles. The average molecular weight is 295 g/mol. The van der Waals surface area contributed by atoms with E-state index in [1.807, 2.05) is 30.6 Å². The first kappa shape index (κ1) is 16.1. The Hall–Kier alpha value is -1.26. The molecule has 120 valence electrons. The lowest BCUT2D eigenvalue weighted by atomic mass is 9.93. The zero-order valence-corrected chi connectivity index (χ0v) is 13.6. The summed E-state index contributed by atoms with van der Waals surface area (Å²) in [6.45, 7) is 7.19. The van der Waals surface area contributed by atoms with Crippen molar-refractivity contribution in [2.45, 2.75) is 71.4 Å². The average Bonchev–Trinajstić information content (AvgIpc) is 2.87. The van der Waals surface area contributed by atoms with Gasteiger partial charge in [-0.15, -0.1) is 0 Å². The molecule has 2 aliphatic rings. The summed E-state index contributed by atoms with van der Waals surface area (Å²) < 4.78 is 0. The molecule has 1 heterocycles. The number of carbonyl (C=O) groups is 2. The number of urea groups is 1. The van der Waals surface area contributed by atoms with Gasteiger partial charge in [-0.1, -0.05) is 40.0 Å². The van der Waals surface area contributed by atoms with Gasteiger partial charge >= 0.3 is 6.03 Å². The van der Waals surface area contributed by atoms with E-state index >= 15 is 0 Å². The third kappa shape index (κ3) is 3.69. The van der Waals surface area contributed by atoms with Crippen LogP contribution in [0.2, 0.25) is 0 Å². The molecule has 0 radical (unpaired) electrons. The summed E-state index contributed by atoms with van der Waals surface area (Å²) >= 11 is 0. The summed E-state index contributed by atoms with van der Waals surface area (Å²) in [6, 6.07) is 0.0415. The van der Waals surface area contributed by atoms with Gasteiger partial charge in [0.05, 0.1) is 6.04 Å². The molecular weight excluding hydrogens is 266 g/mol. The predicted molar refractivity (Wildman–Crippen MR) is 82.7 cm³/mol. The number of hydrogen-bond donors (Lipinski definition) is 1. The molecule has 2 fully saturated rings. The molecule has 1 saturated carbocycles. The van der Waals surface area contributed by atoms with E-state index in [9.17, 15) is 9.59 Å². The van der Waals surface area contributed by atoms with Crippen molar-refractivity contribution in [2.75, 3.05) is 13.1 Å². The van der Waals surface area contributed by atoms with Crippen molar-refractivity contribution in [2.24, 2.45) is 11.1 Å². The largest absolute Gasteiger partial charge is 0.351 e. The lowest BCUT2D eigenvalue weighted by molar-refractivity contribution is -0.138. The predicted octanol–water partition coefficient (Wildman–Crippen LogP) is 2.35. The third-order valence-electron chi connectivity index (χ3n) is 4.71. The van der Waals surface area contributed by atoms with E-state index in [0.29, 0.717) is 6.54 Å². The van der Waals surface area contributed by atoms with E-state index in [-0.39, 0.29) is 29.4 Å². The number of carbonyl (C=O) groups excluding carboxylic acids is 2. The molecule has 2 rings (SSSR count). The highest BCUT2D eigenvalue weighted by molar-refractivity contribution is 5.82. The summed E-state index contributed by atoms with van der Waals surface area (Å²) in [5.41, 5.74) is 5.27. The van der Waals surface area contributed by atoms with Crippen LogP contribution in [0, 0.1) is 5.41 Å². The van der Waals surface area contributed by atoms with E-state index in [1.54, 1.807) is 0 Å². The standard InChI is InChI=1S/C16H29N3O2/c1-16(2,3)14(20)18-10-9-13(11-18)19(15(17)21)12-7-5-4-6-8-12/h12-13H,4-11H2,1-3H3,(H2,17,21). The van der Waals surface area contributed by atoms with Gasteiger partial charge in [-0.3, -0.25) is 4.79 Å². The fourth-order valence-corrected chi connectivity index (χ4v) is 3.64. The Morgan fingerprint density at radius 3 is 2.19 bits per heavy atom. The van der Waals surface area contributed by atoms with Gasteiger partial charge in [0.25, 0.3) is 0 Å². The van der Waals surface area contributed by atoms with Gasteiger partial charge in [-0.25, -0.2) is 4.79 Å². The van der Waals surface area contributed by atoms with Crippen LogP contribution in [0.25, 0.3) is 0 Å². The minimum Gasteiger partial charge on any atom is -0.351 e. The second kappa shape index (κ2) is 6.24. The molecule has 5 nitrogen and oxygen atoms in total. The Morgan fingerprint density at radius 1 is 1.05 bits per heavy atom. The molecule has 1 unspecified atom stereocenters. The van der Waals surface area contributed by atoms with Gasteiger partial charge in [0.15, 0.2) is 0 Å². The zero-order valence-electron chi connectivity index (χ0n) is 13.6. The van der Waals surface area contributed by atoms with Crippen LogP contribution < -0.4 is 5.73 Å². The van der Waals surface area contributed by atoms with Crippen LogP contribution in [0.3, 0.4) is 0 Å². The summed E-state index contributed by atoms with van der Waals surface area (Å²) in [7, 11) is 0. The number of rotatable bonds is 2. The third-order valence-corrected chi connectivity index (χ3v) is 4.71. The number of hydrogen-bond acceptors (Lipinski definition) is 2. The maximum Gasteiger partial charge on any atom is 0.315 e. The minimum atomic E-state index is -0.364. The van der Waals surface area contributed by atoms with Crippen LogP contribution in [-0.2, 0) is 4.79 Å². The first-order chi connectivity index (χ1) is 9.80. The van der Waals surface area contributed by atoms with Gasteiger partial charge in [0.1, 0.15) is 0 Å². The van der Waals surface area contributed by atoms with Crippen LogP contribution in [0.5, 0.6) is 0 Å². The summed E-state index contributed by atoms with van der Waals surface area (Å²) in [5.74, 6) is 0.165. The smallest absolute Gasteiger partial charge is 0.315 e. The normalized spacial score (nSPS) is 24.1. The fourth-order valence-electron chi connectivity index (χ4n) is 3.64. The van der Waals surface area contributed by atoms with E-state index in [0.717, 1.165) is 25.8 Å². The van der Waals surface area contributed by atoms with Crippen molar-refractivity contribution in [1.29, 1.82) is 0 Å². The fraction of sp³-hybridized carbons (Fsp3) is 0.875. The quantitative estimate of drug-likeness (QED) is 0.849. The molecule has 1 aliphatic carbocycles. The van der Waals surface area contributed by atoms with Crippen molar-refractivity contribution in [1.82, 2.24) is 9.80 Å². The Morgan fingerprint density at radius 2 is 1.67 bits per heavy atom. The Bertz CT molecular complexity index is 397. The van der Waals surface area contributed by atoms with Crippen molar-refractivity contribution in [3.05, 3.63) is 0 Å². The molecule has 5 heteroatoms. The SMILES string of the molecule is CC(C)(C)C(=O)N1CCC(N(C(N)=O)C2CCCCC2)C1. The lowest BCUT2D eigenvalue weighted by Gasteiger charge is -2.37. The number of likely N-dealkylation sites (tertiary alicyclic amines) is 1. The molecule has 1 atom stereocenters. The molecule has 0 aromatic heterocycles. The van der Waals surface area contributed by atoms with Crippen LogP contribution in [0.4, 0.5) is 4.79 Å². The highest BCUT2D eigenvalue weighted by atomic mass is 16.2. The monoisotopic (exact) mass is 295 g/mol. The molecule has 2 N–H and O–H groups in total. The Balaban J connectivity index is 2.03. The van der Waals surface area contributed by atoms with Crippen molar-refractivity contribution in [3.8, 4) is 0 Å². The van der Waals surface area contributed by atoms with E-state index in [1.165, 1.54) is 19.3 Å². The van der Waals surface area contributed by atoms with Crippen molar-refractivity contribution >= 4 is 11.9 Å². The molecule has 21 heavy (non-hydrogen) atoms. The van der Waals surface area contributed by atoms with Crippen LogP contribution in [0.1, 0.15) is 59.3 Å². The zero-order chi connectivity index (χ0) is 15.6. The maximum atomic E-state index is 12.4. The van der Waals surface area contributed by atoms with Crippen molar-refractivity contribution < 1.29 is 9.59 Å². The highest BCUT2D eigenvalue weighted by Gasteiger charge is 2.38. The maximum absolute atomic E-state index is 12.4. The number of amides is 3. The highest BCUT2D eigenvalue weighted by Crippen LogP contribution is 2.29. The summed E-state index contributed by atoms with van der Waals surface area (Å²) in [4.78, 5) is 28.0. The number of nitrogens with zero attached hydrogens (tertiary/aromatic N) is 2. The van der Waals surface area contributed by atoms with E-state index < -0.39 is 0 Å². The first-order valence-corrected chi connectivity index (χ1v) is 8.18. The Labute approximate surface area is 127 Å². The molecular formula is C16H29N3O2. The van der Waals surface area contributed by atoms with E-state index in [2.05, 4.69) is 0 Å². The van der Waals surface area contributed by atoms with Crippen LogP contribution >= 0.6 is 0 Å². The Kier molecular flexibility index (Phi) is 4.79. The molecule has 0 bridgehead atoms. The van der Waals surface area contributed by atoms with Crippen molar-refractivity contribution in [3.63, 3.8) is 0 Å². The van der Waals surface area contributed by atoms with Gasteiger partial charge in [-0.2, -0.15) is 0 Å². The molecule has 3 amide bonds. The van der Waals surface area contributed by atoms with E-state index in [4.69, 9.17) is 5.73 Å². The molecule has 0 spiro atoms. The first-order valence-electron chi connectivity index (χ1n) is 8.18. The second-order valence-electron chi connectivity index (χ2n) is 7.48. The molecule has 0 aromatic carbocycles. The number of primary amides is 1. The summed E-state index contributed by atoms with van der Waals surface area (Å²) in [5, 5.41) is 0. The minimum absolute atomic E-state index is 0.0944. The molecule has 1 saturated heterocycles. The number of nitrogens with two attached hydrogens (primary N) is 1. The van der Waals surface area contributed by atoms with Gasteiger partial charge in [-0.05, 0) is 19.3 Å². The second-order valence-corrected chi connectivity index (χ2v) is 7.48. The van der Waals surface area contributed by atoms with Gasteiger partial charge in [0.2, 0.25) is 5.91 Å². The summed E-state index contributed by atoms with van der Waals surface area (Å²) in [6.07, 6.45) is 6.54. The van der Waals surface area contributed by atoms with Crippen LogP contribution in [-0.4, -0.2) is 46.9 Å². The topological polar surface area (TPSA) is 66.6 Å². The van der Waals surface area contributed by atoms with Gasteiger partial charge < -0.3 is 15.5 Å². The molecule has 0 aromatic rings. The van der Waals surface area contributed by atoms with Crippen LogP contribution in [0.15, 0.2) is 0 Å².